The number of primary amides is 1. The van der Waals surface area contributed by atoms with Crippen LogP contribution in [-0.2, 0) is 9.53 Å². The molecule has 4 N–H and O–H groups in total. The highest BCUT2D eigenvalue weighted by Crippen LogP contribution is 2.46. The lowest BCUT2D eigenvalue weighted by Crippen LogP contribution is -2.41. The lowest BCUT2D eigenvalue weighted by atomic mass is 9.80. The monoisotopic (exact) mass is 595 g/mol. The molecule has 2 aliphatic carbocycles. The van der Waals surface area contributed by atoms with Crippen molar-refractivity contribution >= 4 is 28.4 Å². The third-order valence-corrected chi connectivity index (χ3v) is 10.3. The number of aromatic nitrogens is 3. The molecule has 0 unspecified atom stereocenters. The van der Waals surface area contributed by atoms with Crippen LogP contribution in [0.3, 0.4) is 0 Å². The van der Waals surface area contributed by atoms with Crippen LogP contribution in [0, 0.1) is 40.4 Å². The molecular formula is C34H41N7O3. The van der Waals surface area contributed by atoms with Gasteiger partial charge in [-0.1, -0.05) is 26.0 Å². The van der Waals surface area contributed by atoms with Gasteiger partial charge in [0.1, 0.15) is 23.2 Å². The fourth-order valence-electron chi connectivity index (χ4n) is 7.69. The molecule has 44 heavy (non-hydrogen) atoms. The molecule has 0 radical (unpaired) electrons. The number of hydrogen-bond acceptors (Lipinski definition) is 8. The molecule has 4 heterocycles. The Bertz CT molecular complexity index is 1630. The Balaban J connectivity index is 1.23. The summed E-state index contributed by atoms with van der Waals surface area (Å²) in [6.45, 7) is 8.75. The van der Waals surface area contributed by atoms with E-state index in [-0.39, 0.29) is 29.7 Å². The molecule has 230 valence electrons. The molecule has 2 saturated heterocycles. The Hall–Kier alpha value is -4.10. The highest BCUT2D eigenvalue weighted by Gasteiger charge is 2.48. The Labute approximate surface area is 258 Å². The van der Waals surface area contributed by atoms with Gasteiger partial charge in [0.05, 0.1) is 29.3 Å². The molecule has 3 fully saturated rings. The molecule has 4 atom stereocenters. The molecule has 1 spiro atoms. The van der Waals surface area contributed by atoms with Crippen LogP contribution in [-0.4, -0.2) is 59.8 Å². The molecule has 2 bridgehead atoms. The molecule has 7 rings (SSSR count). The van der Waals surface area contributed by atoms with Gasteiger partial charge in [0.15, 0.2) is 5.65 Å². The fourth-order valence-corrected chi connectivity index (χ4v) is 7.69. The van der Waals surface area contributed by atoms with Crippen molar-refractivity contribution in [2.24, 2.45) is 34.8 Å². The number of nitrogens with one attached hydrogen (secondary N) is 2. The van der Waals surface area contributed by atoms with Crippen LogP contribution in [0.2, 0.25) is 0 Å². The van der Waals surface area contributed by atoms with Gasteiger partial charge in [-0.05, 0) is 67.4 Å². The summed E-state index contributed by atoms with van der Waals surface area (Å²) >= 11 is 0. The molecule has 4 aliphatic rings. The number of ether oxygens (including phenoxy) is 2. The van der Waals surface area contributed by atoms with Crippen molar-refractivity contribution in [1.82, 2.24) is 15.0 Å². The maximum Gasteiger partial charge on any atom is 0.223 e. The average Bonchev–Trinajstić information content (AvgIpc) is 3.81. The maximum atomic E-state index is 12.4. The van der Waals surface area contributed by atoms with E-state index in [1.54, 1.807) is 6.20 Å². The normalized spacial score (nSPS) is 25.3. The molecular weight excluding hydrogens is 554 g/mol. The van der Waals surface area contributed by atoms with E-state index in [2.05, 4.69) is 70.5 Å². The van der Waals surface area contributed by atoms with Crippen molar-refractivity contribution in [3.05, 3.63) is 42.1 Å². The minimum absolute atomic E-state index is 0.121. The molecule has 2 aromatic heterocycles. The zero-order chi connectivity index (χ0) is 30.4. The van der Waals surface area contributed by atoms with Crippen LogP contribution in [0.15, 0.2) is 36.5 Å². The number of benzene rings is 1. The number of aromatic amines is 1. The minimum atomic E-state index is -0.332. The van der Waals surface area contributed by atoms with Gasteiger partial charge in [-0.3, -0.25) is 4.79 Å². The number of hydrogen-bond donors (Lipinski definition) is 3. The lowest BCUT2D eigenvalue weighted by molar-refractivity contribution is -0.122. The van der Waals surface area contributed by atoms with Gasteiger partial charge in [-0.2, -0.15) is 5.26 Å². The van der Waals surface area contributed by atoms with Gasteiger partial charge in [0, 0.05) is 50.3 Å². The summed E-state index contributed by atoms with van der Waals surface area (Å²) in [4.78, 5) is 27.7. The first-order chi connectivity index (χ1) is 21.3. The number of anilines is 2. The molecule has 2 aliphatic heterocycles. The number of carbonyl (C=O) groups is 1. The van der Waals surface area contributed by atoms with E-state index in [4.69, 9.17) is 20.2 Å². The van der Waals surface area contributed by atoms with Crippen molar-refractivity contribution in [3.8, 4) is 23.2 Å². The Morgan fingerprint density at radius 1 is 1.27 bits per heavy atom. The van der Waals surface area contributed by atoms with Crippen LogP contribution in [0.5, 0.6) is 5.75 Å². The summed E-state index contributed by atoms with van der Waals surface area (Å²) in [6.07, 6.45) is 11.0. The van der Waals surface area contributed by atoms with Crippen LogP contribution in [0.4, 0.5) is 11.4 Å². The summed E-state index contributed by atoms with van der Waals surface area (Å²) in [5, 5.41) is 13.5. The van der Waals surface area contributed by atoms with E-state index in [0.717, 1.165) is 69.0 Å². The summed E-state index contributed by atoms with van der Waals surface area (Å²) in [5.74, 6) is 1.56. The maximum absolute atomic E-state index is 12.4. The second kappa shape index (κ2) is 11.4. The third kappa shape index (κ3) is 5.17. The van der Waals surface area contributed by atoms with E-state index in [1.165, 1.54) is 6.42 Å². The number of nitriles is 1. The number of nitrogens with zero attached hydrogens (tertiary/aromatic N) is 4. The van der Waals surface area contributed by atoms with Crippen molar-refractivity contribution in [1.29, 1.82) is 5.26 Å². The smallest absolute Gasteiger partial charge is 0.223 e. The predicted octanol–water partition coefficient (Wildman–Crippen LogP) is 5.02. The molecule has 3 aromatic rings. The summed E-state index contributed by atoms with van der Waals surface area (Å²) in [6, 6.07) is 8.45. The Morgan fingerprint density at radius 3 is 2.86 bits per heavy atom. The first-order valence-electron chi connectivity index (χ1n) is 16.0. The number of nitrogens with two attached hydrogens (primary N) is 1. The average molecular weight is 596 g/mol. The number of pyridine rings is 1. The molecule has 10 nitrogen and oxygen atoms in total. The van der Waals surface area contributed by atoms with Gasteiger partial charge in [-0.25, -0.2) is 9.97 Å². The second-order valence-corrected chi connectivity index (χ2v) is 13.5. The van der Waals surface area contributed by atoms with Crippen molar-refractivity contribution in [3.63, 3.8) is 0 Å². The third-order valence-electron chi connectivity index (χ3n) is 10.3. The van der Waals surface area contributed by atoms with E-state index >= 15 is 0 Å². The van der Waals surface area contributed by atoms with Crippen molar-refractivity contribution in [2.45, 2.75) is 52.0 Å². The molecule has 1 aromatic carbocycles. The first-order valence-corrected chi connectivity index (χ1v) is 16.0. The summed E-state index contributed by atoms with van der Waals surface area (Å²) in [7, 11) is 0. The lowest BCUT2D eigenvalue weighted by Gasteiger charge is -2.33. The van der Waals surface area contributed by atoms with Gasteiger partial charge in [-0.15, -0.1) is 0 Å². The summed E-state index contributed by atoms with van der Waals surface area (Å²) < 4.78 is 12.1. The number of carbonyl (C=O) groups excluding carboxylic acids is 1. The van der Waals surface area contributed by atoms with E-state index in [9.17, 15) is 10.1 Å². The highest BCUT2D eigenvalue weighted by atomic mass is 16.5. The number of imidazole rings is 1. The van der Waals surface area contributed by atoms with Crippen LogP contribution in [0.25, 0.3) is 22.6 Å². The van der Waals surface area contributed by atoms with E-state index in [1.807, 2.05) is 0 Å². The second-order valence-electron chi connectivity index (χ2n) is 13.5. The van der Waals surface area contributed by atoms with Crippen LogP contribution in [0.1, 0.15) is 51.5 Å². The van der Waals surface area contributed by atoms with E-state index in [0.29, 0.717) is 46.2 Å². The first kappa shape index (κ1) is 28.7. The van der Waals surface area contributed by atoms with Crippen molar-refractivity contribution in [2.75, 3.05) is 43.1 Å². The number of H-pyrrole nitrogens is 1. The van der Waals surface area contributed by atoms with E-state index < -0.39 is 0 Å². The largest absolute Gasteiger partial charge is 0.493 e. The number of allylic oxidation sites excluding steroid dienone is 1. The van der Waals surface area contributed by atoms with Crippen LogP contribution >= 0.6 is 0 Å². The quantitative estimate of drug-likeness (QED) is 0.293. The fraction of sp³-hybridized carbons (Fsp3) is 0.529. The molecule has 10 heteroatoms. The van der Waals surface area contributed by atoms with Gasteiger partial charge < -0.3 is 30.4 Å². The van der Waals surface area contributed by atoms with Gasteiger partial charge >= 0.3 is 0 Å². The zero-order valence-electron chi connectivity index (χ0n) is 25.5. The van der Waals surface area contributed by atoms with Crippen LogP contribution < -0.4 is 20.7 Å². The number of fused-ring (bicyclic) bond motifs is 3. The predicted molar refractivity (Wildman–Crippen MR) is 169 cm³/mol. The minimum Gasteiger partial charge on any atom is -0.493 e. The molecule has 1 saturated carbocycles. The summed E-state index contributed by atoms with van der Waals surface area (Å²) in [5.41, 5.74) is 10.3. The SMILES string of the molecule is CC(C)CCOc1cc(N2CCC3(CCOCC3)C2)ccc1-c1nc2ncc(C#N)c(N[C@H]3[C@@H](C(N)=O)[C@@H]4C=C[C@H]3C4)c2[nH]1. The zero-order valence-corrected chi connectivity index (χ0v) is 25.5. The van der Waals surface area contributed by atoms with Gasteiger partial charge in [0.25, 0.3) is 0 Å². The number of rotatable bonds is 9. The van der Waals surface area contributed by atoms with Gasteiger partial charge in [0.2, 0.25) is 5.91 Å². The standard InChI is InChI=1S/C34H41N7O3/c1-20(2)7-12-44-26-16-24(41-11-8-34(19-41)9-13-43-14-10-34)5-6-25(26)32-39-30-29(23(17-35)18-37-33(30)40-32)38-28-22-4-3-21(15-22)27(28)31(36)42/h3-6,16,18,20-22,27-28H,7-15,19H2,1-2H3,(H2,36,42)(H2,37,38,39,40)/t21-,22+,27+,28-/m1/s1. The number of amides is 1. The Kier molecular flexibility index (Phi) is 7.45. The van der Waals surface area contributed by atoms with Crippen molar-refractivity contribution < 1.29 is 14.3 Å². The topological polar surface area (TPSA) is 142 Å². The molecule has 1 amide bonds. The highest BCUT2D eigenvalue weighted by molar-refractivity contribution is 5.92. The Morgan fingerprint density at radius 2 is 2.09 bits per heavy atom.